The average Bonchev–Trinajstić information content (AvgIpc) is 2.87. The molecule has 2 N–H and O–H groups in total. The third kappa shape index (κ3) is 3.37. The molecule has 0 aliphatic rings. The maximum Gasteiger partial charge on any atom is 0.347 e. The zero-order chi connectivity index (χ0) is 16.4. The third-order valence-electron chi connectivity index (χ3n) is 3.65. The normalized spacial score (nSPS) is 11.1. The molecule has 0 unspecified atom stereocenters. The van der Waals surface area contributed by atoms with Crippen LogP contribution in [-0.2, 0) is 6.42 Å². The molecular formula is C16H18ClN5O. The number of H-pyrrole nitrogens is 1. The van der Waals surface area contributed by atoms with Crippen LogP contribution < -0.4 is 11.0 Å². The summed E-state index contributed by atoms with van der Waals surface area (Å²) in [6.45, 7) is 4.62. The number of aromatic nitrogens is 4. The van der Waals surface area contributed by atoms with Crippen LogP contribution in [0.3, 0.4) is 0 Å². The van der Waals surface area contributed by atoms with Crippen LogP contribution in [0.2, 0.25) is 5.15 Å². The molecule has 0 aliphatic heterocycles. The Morgan fingerprint density at radius 2 is 2.17 bits per heavy atom. The maximum atomic E-state index is 11.7. The van der Waals surface area contributed by atoms with E-state index in [1.807, 2.05) is 32.0 Å². The van der Waals surface area contributed by atoms with Gasteiger partial charge in [-0.1, -0.05) is 17.7 Å². The van der Waals surface area contributed by atoms with Gasteiger partial charge >= 0.3 is 5.69 Å². The Morgan fingerprint density at radius 1 is 1.35 bits per heavy atom. The topological polar surface area (TPSA) is 75.1 Å². The van der Waals surface area contributed by atoms with Crippen molar-refractivity contribution in [2.45, 2.75) is 26.7 Å². The van der Waals surface area contributed by atoms with Gasteiger partial charge in [0.25, 0.3) is 0 Å². The Balaban J connectivity index is 1.66. The van der Waals surface area contributed by atoms with Crippen molar-refractivity contribution in [1.82, 2.24) is 19.6 Å². The molecule has 3 aromatic rings. The molecule has 7 heteroatoms. The van der Waals surface area contributed by atoms with E-state index in [2.05, 4.69) is 20.5 Å². The average molecular weight is 332 g/mol. The highest BCUT2D eigenvalue weighted by atomic mass is 35.5. The summed E-state index contributed by atoms with van der Waals surface area (Å²) < 4.78 is 1.51. The van der Waals surface area contributed by atoms with Crippen LogP contribution in [0.15, 0.2) is 29.2 Å². The summed E-state index contributed by atoms with van der Waals surface area (Å²) in [5.74, 6) is 0. The second-order valence-corrected chi connectivity index (χ2v) is 5.94. The van der Waals surface area contributed by atoms with E-state index in [0.29, 0.717) is 10.8 Å². The molecule has 0 saturated heterocycles. The Hall–Kier alpha value is -2.34. The SMILES string of the molecule is Cc1cc(NCCCc2ccc(C)nc2Cl)c2n[nH]c(=O)n2c1. The Morgan fingerprint density at radius 3 is 2.96 bits per heavy atom. The van der Waals surface area contributed by atoms with Gasteiger partial charge in [-0.3, -0.25) is 0 Å². The first-order chi connectivity index (χ1) is 11.0. The van der Waals surface area contributed by atoms with Gasteiger partial charge in [0.05, 0.1) is 5.69 Å². The molecule has 0 radical (unpaired) electrons. The van der Waals surface area contributed by atoms with Crippen LogP contribution in [-0.4, -0.2) is 26.1 Å². The van der Waals surface area contributed by atoms with Crippen LogP contribution in [0.25, 0.3) is 5.65 Å². The summed E-state index contributed by atoms with van der Waals surface area (Å²) in [5.41, 5.74) is 4.18. The summed E-state index contributed by atoms with van der Waals surface area (Å²) in [6.07, 6.45) is 3.51. The number of halogens is 1. The molecule has 0 aromatic carbocycles. The molecular weight excluding hydrogens is 314 g/mol. The van der Waals surface area contributed by atoms with Gasteiger partial charge in [-0.2, -0.15) is 5.10 Å². The van der Waals surface area contributed by atoms with E-state index in [1.54, 1.807) is 6.20 Å². The minimum absolute atomic E-state index is 0.232. The van der Waals surface area contributed by atoms with Crippen molar-refractivity contribution in [2.75, 3.05) is 11.9 Å². The second kappa shape index (κ2) is 6.42. The third-order valence-corrected chi connectivity index (χ3v) is 3.98. The summed E-state index contributed by atoms with van der Waals surface area (Å²) in [5, 5.41) is 10.4. The number of aromatic amines is 1. The summed E-state index contributed by atoms with van der Waals surface area (Å²) >= 11 is 6.14. The van der Waals surface area contributed by atoms with Crippen molar-refractivity contribution in [2.24, 2.45) is 0 Å². The van der Waals surface area contributed by atoms with Crippen LogP contribution >= 0.6 is 11.6 Å². The number of hydrogen-bond donors (Lipinski definition) is 2. The molecule has 120 valence electrons. The van der Waals surface area contributed by atoms with E-state index in [0.717, 1.165) is 41.9 Å². The lowest BCUT2D eigenvalue weighted by molar-refractivity contribution is 0.856. The van der Waals surface area contributed by atoms with E-state index in [4.69, 9.17) is 11.6 Å². The summed E-state index contributed by atoms with van der Waals surface area (Å²) in [6, 6.07) is 5.97. The van der Waals surface area contributed by atoms with Crippen molar-refractivity contribution >= 4 is 22.9 Å². The van der Waals surface area contributed by atoms with Gasteiger partial charge in [0.15, 0.2) is 5.65 Å². The van der Waals surface area contributed by atoms with Crippen molar-refractivity contribution in [3.63, 3.8) is 0 Å². The van der Waals surface area contributed by atoms with E-state index in [9.17, 15) is 4.79 Å². The molecule has 6 nitrogen and oxygen atoms in total. The fourth-order valence-corrected chi connectivity index (χ4v) is 2.81. The predicted octanol–water partition coefficient (Wildman–Crippen LogP) is 2.73. The minimum Gasteiger partial charge on any atom is -0.382 e. The summed E-state index contributed by atoms with van der Waals surface area (Å²) in [7, 11) is 0. The van der Waals surface area contributed by atoms with Crippen molar-refractivity contribution in [1.29, 1.82) is 0 Å². The number of nitrogens with zero attached hydrogens (tertiary/aromatic N) is 3. The lowest BCUT2D eigenvalue weighted by atomic mass is 10.1. The number of fused-ring (bicyclic) bond motifs is 1. The van der Waals surface area contributed by atoms with Gasteiger partial charge < -0.3 is 5.32 Å². The number of rotatable bonds is 5. The molecule has 0 bridgehead atoms. The molecule has 23 heavy (non-hydrogen) atoms. The minimum atomic E-state index is -0.232. The zero-order valence-electron chi connectivity index (χ0n) is 13.1. The lowest BCUT2D eigenvalue weighted by Gasteiger charge is -2.09. The van der Waals surface area contributed by atoms with Gasteiger partial charge in [0.2, 0.25) is 0 Å². The second-order valence-electron chi connectivity index (χ2n) is 5.59. The van der Waals surface area contributed by atoms with Crippen LogP contribution in [0.1, 0.15) is 23.2 Å². The van der Waals surface area contributed by atoms with Crippen molar-refractivity contribution in [3.05, 3.63) is 56.9 Å². The number of pyridine rings is 2. The first kappa shape index (κ1) is 15.6. The fraction of sp³-hybridized carbons (Fsp3) is 0.312. The van der Waals surface area contributed by atoms with E-state index >= 15 is 0 Å². The van der Waals surface area contributed by atoms with E-state index in [1.165, 1.54) is 4.40 Å². The molecule has 3 heterocycles. The first-order valence-electron chi connectivity index (χ1n) is 7.48. The largest absolute Gasteiger partial charge is 0.382 e. The van der Waals surface area contributed by atoms with E-state index in [-0.39, 0.29) is 5.69 Å². The van der Waals surface area contributed by atoms with Crippen molar-refractivity contribution < 1.29 is 0 Å². The van der Waals surface area contributed by atoms with Gasteiger partial charge in [0, 0.05) is 18.4 Å². The Labute approximate surface area is 138 Å². The highest BCUT2D eigenvalue weighted by molar-refractivity contribution is 6.30. The van der Waals surface area contributed by atoms with Crippen LogP contribution in [0, 0.1) is 13.8 Å². The monoisotopic (exact) mass is 331 g/mol. The Bertz CT molecular complexity index is 899. The number of anilines is 1. The number of nitrogens with one attached hydrogen (secondary N) is 2. The molecule has 0 fully saturated rings. The van der Waals surface area contributed by atoms with Gasteiger partial charge in [0.1, 0.15) is 5.15 Å². The highest BCUT2D eigenvalue weighted by Crippen LogP contribution is 2.17. The highest BCUT2D eigenvalue weighted by Gasteiger charge is 2.07. The molecule has 0 aliphatic carbocycles. The van der Waals surface area contributed by atoms with Gasteiger partial charge in [-0.05, 0) is 49.9 Å². The standard InChI is InChI=1S/C16H18ClN5O/c1-10-8-13(15-20-21-16(23)22(15)9-10)18-7-3-4-12-6-5-11(2)19-14(12)17/h5-6,8-9,18H,3-4,7H2,1-2H3,(H,21,23). The number of aryl methyl sites for hydroxylation is 3. The number of hydrogen-bond acceptors (Lipinski definition) is 4. The molecule has 0 atom stereocenters. The first-order valence-corrected chi connectivity index (χ1v) is 7.85. The van der Waals surface area contributed by atoms with Gasteiger partial charge in [-0.25, -0.2) is 19.3 Å². The maximum absolute atomic E-state index is 11.7. The van der Waals surface area contributed by atoms with Crippen LogP contribution in [0.4, 0.5) is 5.69 Å². The van der Waals surface area contributed by atoms with Crippen molar-refractivity contribution in [3.8, 4) is 0 Å². The fourth-order valence-electron chi connectivity index (χ4n) is 2.52. The predicted molar refractivity (Wildman–Crippen MR) is 91.3 cm³/mol. The molecule has 0 saturated carbocycles. The molecule has 0 spiro atoms. The van der Waals surface area contributed by atoms with Crippen LogP contribution in [0.5, 0.6) is 0 Å². The molecule has 3 rings (SSSR count). The Kier molecular flexibility index (Phi) is 4.34. The quantitative estimate of drug-likeness (QED) is 0.557. The molecule has 0 amide bonds. The van der Waals surface area contributed by atoms with E-state index < -0.39 is 0 Å². The van der Waals surface area contributed by atoms with Gasteiger partial charge in [-0.15, -0.1) is 0 Å². The smallest absolute Gasteiger partial charge is 0.347 e. The molecule has 3 aromatic heterocycles. The lowest BCUT2D eigenvalue weighted by Crippen LogP contribution is -2.11. The zero-order valence-corrected chi connectivity index (χ0v) is 13.8. The summed E-state index contributed by atoms with van der Waals surface area (Å²) in [4.78, 5) is 15.9.